The van der Waals surface area contributed by atoms with Gasteiger partial charge in [0.1, 0.15) is 17.3 Å². The monoisotopic (exact) mass is 473 g/mol. The first-order valence-corrected chi connectivity index (χ1v) is 11.4. The second-order valence-corrected chi connectivity index (χ2v) is 8.45. The molecule has 1 aromatic carbocycles. The van der Waals surface area contributed by atoms with E-state index in [1.807, 2.05) is 0 Å². The molecule has 1 saturated heterocycles. The number of benzene rings is 1. The molecule has 0 spiro atoms. The topological polar surface area (TPSA) is 122 Å². The fourth-order valence-electron chi connectivity index (χ4n) is 4.57. The SMILES string of the molecule is CCC(CN)=C1CN(c2nc(Oc3cnc4ccnn4c3)nc3[nH]c4c(NC)cc(F)cc4c23)C1. The first kappa shape index (κ1) is 21.3. The van der Waals surface area contributed by atoms with Crippen molar-refractivity contribution in [2.75, 3.05) is 36.9 Å². The zero-order valence-corrected chi connectivity index (χ0v) is 19.3. The Morgan fingerprint density at radius 3 is 2.91 bits per heavy atom. The van der Waals surface area contributed by atoms with Crippen molar-refractivity contribution in [3.05, 3.63) is 53.8 Å². The molecule has 10 nitrogen and oxygen atoms in total. The van der Waals surface area contributed by atoms with Crippen LogP contribution in [-0.4, -0.2) is 56.2 Å². The number of nitrogens with zero attached hydrogens (tertiary/aromatic N) is 6. The predicted octanol–water partition coefficient (Wildman–Crippen LogP) is 3.61. The molecule has 6 rings (SSSR count). The first-order valence-electron chi connectivity index (χ1n) is 11.4. The lowest BCUT2D eigenvalue weighted by Crippen LogP contribution is -2.42. The minimum Gasteiger partial charge on any atom is -0.421 e. The number of fused-ring (bicyclic) bond motifs is 4. The zero-order chi connectivity index (χ0) is 24.1. The summed E-state index contributed by atoms with van der Waals surface area (Å²) in [5.41, 5.74) is 11.1. The van der Waals surface area contributed by atoms with Crippen LogP contribution in [0.4, 0.5) is 15.9 Å². The summed E-state index contributed by atoms with van der Waals surface area (Å²) in [6, 6.07) is 4.91. The van der Waals surface area contributed by atoms with Gasteiger partial charge in [-0.15, -0.1) is 0 Å². The van der Waals surface area contributed by atoms with Crippen LogP contribution in [0.3, 0.4) is 0 Å². The smallest absolute Gasteiger partial charge is 0.326 e. The molecule has 0 atom stereocenters. The number of H-pyrrole nitrogens is 1. The van der Waals surface area contributed by atoms with Crippen LogP contribution in [-0.2, 0) is 0 Å². The molecule has 5 aromatic rings. The van der Waals surface area contributed by atoms with Gasteiger partial charge in [-0.2, -0.15) is 15.1 Å². The Labute approximate surface area is 199 Å². The third-order valence-corrected chi connectivity index (χ3v) is 6.42. The van der Waals surface area contributed by atoms with Crippen LogP contribution < -0.4 is 20.7 Å². The zero-order valence-electron chi connectivity index (χ0n) is 19.3. The van der Waals surface area contributed by atoms with Crippen LogP contribution in [0.15, 0.2) is 47.9 Å². The fourth-order valence-corrected chi connectivity index (χ4v) is 4.57. The van der Waals surface area contributed by atoms with Gasteiger partial charge in [-0.1, -0.05) is 12.5 Å². The molecule has 4 aromatic heterocycles. The van der Waals surface area contributed by atoms with Gasteiger partial charge in [-0.3, -0.25) is 0 Å². The summed E-state index contributed by atoms with van der Waals surface area (Å²) >= 11 is 0. The van der Waals surface area contributed by atoms with E-state index in [9.17, 15) is 4.39 Å². The number of anilines is 2. The molecule has 178 valence electrons. The van der Waals surface area contributed by atoms with E-state index in [0.29, 0.717) is 53.6 Å². The third kappa shape index (κ3) is 3.51. The highest BCUT2D eigenvalue weighted by Gasteiger charge is 2.28. The standard InChI is InChI=1S/C24H24FN9O/c1-3-13(8-26)14-10-33(11-14)23-20-17-6-15(25)7-18(27-2)21(17)30-22(20)31-24(32-23)35-16-9-28-19-4-5-29-34(19)12-16/h4-7,9,12,27H,3,8,10-11,26H2,1-2H3,(H,30,31,32). The lowest BCUT2D eigenvalue weighted by atomic mass is 9.98. The summed E-state index contributed by atoms with van der Waals surface area (Å²) in [6.07, 6.45) is 5.90. The molecule has 11 heteroatoms. The van der Waals surface area contributed by atoms with Crippen molar-refractivity contribution in [2.24, 2.45) is 5.73 Å². The summed E-state index contributed by atoms with van der Waals surface area (Å²) < 4.78 is 22.1. The molecule has 1 aliphatic rings. The molecule has 0 bridgehead atoms. The van der Waals surface area contributed by atoms with E-state index in [4.69, 9.17) is 15.5 Å². The Balaban J connectivity index is 1.49. The number of halogens is 1. The van der Waals surface area contributed by atoms with Crippen molar-refractivity contribution in [3.63, 3.8) is 0 Å². The average molecular weight is 474 g/mol. The van der Waals surface area contributed by atoms with E-state index in [1.165, 1.54) is 23.3 Å². The van der Waals surface area contributed by atoms with E-state index < -0.39 is 0 Å². The van der Waals surface area contributed by atoms with Crippen molar-refractivity contribution >= 4 is 39.1 Å². The minimum absolute atomic E-state index is 0.158. The second kappa shape index (κ2) is 8.20. The van der Waals surface area contributed by atoms with Gasteiger partial charge >= 0.3 is 6.01 Å². The van der Waals surface area contributed by atoms with Crippen LogP contribution in [0, 0.1) is 5.82 Å². The second-order valence-electron chi connectivity index (χ2n) is 8.45. The molecular weight excluding hydrogens is 449 g/mol. The summed E-state index contributed by atoms with van der Waals surface area (Å²) in [5, 5.41) is 8.70. The van der Waals surface area contributed by atoms with Gasteiger partial charge in [0, 0.05) is 38.1 Å². The number of rotatable bonds is 6. The Morgan fingerprint density at radius 1 is 1.29 bits per heavy atom. The predicted molar refractivity (Wildman–Crippen MR) is 133 cm³/mol. The Hall–Kier alpha value is -4.25. The highest BCUT2D eigenvalue weighted by atomic mass is 19.1. The van der Waals surface area contributed by atoms with Crippen molar-refractivity contribution in [1.29, 1.82) is 0 Å². The lowest BCUT2D eigenvalue weighted by Gasteiger charge is -2.37. The maximum Gasteiger partial charge on any atom is 0.326 e. The number of ether oxygens (including phenoxy) is 1. The molecule has 35 heavy (non-hydrogen) atoms. The average Bonchev–Trinajstić information content (AvgIpc) is 3.44. The van der Waals surface area contributed by atoms with Crippen molar-refractivity contribution in [3.8, 4) is 11.8 Å². The summed E-state index contributed by atoms with van der Waals surface area (Å²) in [7, 11) is 1.75. The van der Waals surface area contributed by atoms with Gasteiger partial charge in [0.25, 0.3) is 0 Å². The van der Waals surface area contributed by atoms with Gasteiger partial charge in [0.15, 0.2) is 11.4 Å². The molecule has 0 aliphatic carbocycles. The Bertz CT molecular complexity index is 1610. The number of aromatic amines is 1. The van der Waals surface area contributed by atoms with Crippen LogP contribution in [0.25, 0.3) is 27.6 Å². The highest BCUT2D eigenvalue weighted by Crippen LogP contribution is 2.39. The number of nitrogens with two attached hydrogens (primary N) is 1. The van der Waals surface area contributed by atoms with E-state index in [0.717, 1.165) is 17.3 Å². The van der Waals surface area contributed by atoms with E-state index >= 15 is 0 Å². The van der Waals surface area contributed by atoms with E-state index in [2.05, 4.69) is 37.2 Å². The summed E-state index contributed by atoms with van der Waals surface area (Å²) in [4.78, 5) is 19.2. The molecular formula is C24H24FN9O. The molecule has 5 heterocycles. The van der Waals surface area contributed by atoms with Crippen LogP contribution in [0.1, 0.15) is 13.3 Å². The van der Waals surface area contributed by atoms with Crippen LogP contribution >= 0.6 is 0 Å². The van der Waals surface area contributed by atoms with E-state index in [-0.39, 0.29) is 11.8 Å². The molecule has 0 unspecified atom stereocenters. The highest BCUT2D eigenvalue weighted by molar-refractivity contribution is 6.14. The summed E-state index contributed by atoms with van der Waals surface area (Å²) in [6.45, 7) is 4.06. The maximum atomic E-state index is 14.5. The number of hydrogen-bond acceptors (Lipinski definition) is 8. The quantitative estimate of drug-likeness (QED) is 0.320. The van der Waals surface area contributed by atoms with Gasteiger partial charge < -0.3 is 25.7 Å². The number of hydrogen-bond donors (Lipinski definition) is 3. The maximum absolute atomic E-state index is 14.5. The van der Waals surface area contributed by atoms with Crippen molar-refractivity contribution in [1.82, 2.24) is 29.5 Å². The fraction of sp³-hybridized carbons (Fsp3) is 0.250. The largest absolute Gasteiger partial charge is 0.421 e. The third-order valence-electron chi connectivity index (χ3n) is 6.42. The number of nitrogens with one attached hydrogen (secondary N) is 2. The molecule has 1 fully saturated rings. The summed E-state index contributed by atoms with van der Waals surface area (Å²) in [5.74, 6) is 0.784. The lowest BCUT2D eigenvalue weighted by molar-refractivity contribution is 0.438. The Morgan fingerprint density at radius 2 is 2.14 bits per heavy atom. The van der Waals surface area contributed by atoms with Crippen LogP contribution in [0.5, 0.6) is 11.8 Å². The van der Waals surface area contributed by atoms with Gasteiger partial charge in [-0.05, 0) is 24.1 Å². The van der Waals surface area contributed by atoms with Gasteiger partial charge in [0.2, 0.25) is 0 Å². The van der Waals surface area contributed by atoms with Crippen LogP contribution in [0.2, 0.25) is 0 Å². The van der Waals surface area contributed by atoms with Gasteiger partial charge in [0.05, 0.1) is 35.2 Å². The first-order chi connectivity index (χ1) is 17.1. The molecule has 0 amide bonds. The van der Waals surface area contributed by atoms with Gasteiger partial charge in [-0.25, -0.2) is 13.9 Å². The normalized spacial score (nSPS) is 13.6. The van der Waals surface area contributed by atoms with Crippen molar-refractivity contribution in [2.45, 2.75) is 13.3 Å². The van der Waals surface area contributed by atoms with E-state index in [1.54, 1.807) is 36.2 Å². The molecule has 0 radical (unpaired) electrons. The van der Waals surface area contributed by atoms with Crippen molar-refractivity contribution < 1.29 is 9.13 Å². The molecule has 0 saturated carbocycles. The number of aromatic nitrogens is 6. The molecule has 4 N–H and O–H groups in total. The Kier molecular flexibility index (Phi) is 4.99. The minimum atomic E-state index is -0.340. The molecule has 1 aliphatic heterocycles.